The molecule has 0 aliphatic carbocycles. The van der Waals surface area contributed by atoms with Gasteiger partial charge in [0, 0.05) is 51.4 Å². The van der Waals surface area contributed by atoms with Crippen LogP contribution >= 0.6 is 0 Å². The van der Waals surface area contributed by atoms with E-state index in [2.05, 4.69) is 6.58 Å². The fourth-order valence-corrected chi connectivity index (χ4v) is 1.81. The first-order chi connectivity index (χ1) is 6.05. The van der Waals surface area contributed by atoms with Gasteiger partial charge in [0.15, 0.2) is 0 Å². The van der Waals surface area contributed by atoms with Crippen LogP contribution in [0.2, 0.25) is 0 Å². The molecule has 14 heavy (non-hydrogen) atoms. The van der Waals surface area contributed by atoms with E-state index in [1.54, 1.807) is 24.3 Å². The monoisotopic (exact) mass is 237 g/mol. The van der Waals surface area contributed by atoms with Crippen molar-refractivity contribution in [3.05, 3.63) is 42.5 Å². The van der Waals surface area contributed by atoms with Gasteiger partial charge in [-0.25, -0.2) is 0 Å². The Morgan fingerprint density at radius 3 is 2.43 bits per heavy atom. The van der Waals surface area contributed by atoms with Crippen LogP contribution in [0.4, 0.5) is 0 Å². The minimum Gasteiger partial charge on any atom is -0.282 e. The molecule has 0 aliphatic heterocycles. The van der Waals surface area contributed by atoms with E-state index in [0.29, 0.717) is 12.0 Å². The quantitative estimate of drug-likeness (QED) is 0.489. The average Bonchev–Trinajstić information content (AvgIpc) is 2.04. The predicted molar refractivity (Wildman–Crippen MR) is 55.9 cm³/mol. The number of hydrogen-bond donors (Lipinski definition) is 1. The molecule has 1 aromatic rings. The molecule has 0 unspecified atom stereocenters. The van der Waals surface area contributed by atoms with Crippen molar-refractivity contribution in [3.8, 4) is 0 Å². The number of benzene rings is 1. The maximum Gasteiger partial charge on any atom is 0.294 e. The second-order valence-corrected chi connectivity index (χ2v) is 3.97. The van der Waals surface area contributed by atoms with Gasteiger partial charge in [0.2, 0.25) is 0 Å². The Kier molecular flexibility index (Phi) is 6.39. The molecule has 0 bridgehead atoms. The third-order valence-electron chi connectivity index (χ3n) is 1.61. The molecular formula is C9H10KO3S. The zero-order chi connectivity index (χ0) is 9.90. The van der Waals surface area contributed by atoms with Crippen LogP contribution in [0.3, 0.4) is 0 Å². The van der Waals surface area contributed by atoms with E-state index in [9.17, 15) is 8.42 Å². The van der Waals surface area contributed by atoms with Crippen molar-refractivity contribution in [1.29, 1.82) is 0 Å². The molecule has 1 radical (unpaired) electrons. The molecule has 0 amide bonds. The molecule has 1 N–H and O–H groups in total. The van der Waals surface area contributed by atoms with Gasteiger partial charge in [-0.2, -0.15) is 8.42 Å². The average molecular weight is 237 g/mol. The van der Waals surface area contributed by atoms with Gasteiger partial charge >= 0.3 is 0 Å². The van der Waals surface area contributed by atoms with E-state index in [0.717, 1.165) is 0 Å². The van der Waals surface area contributed by atoms with Crippen LogP contribution < -0.4 is 0 Å². The van der Waals surface area contributed by atoms with Gasteiger partial charge in [0.05, 0.1) is 4.90 Å². The zero-order valence-corrected chi connectivity index (χ0v) is 11.9. The summed E-state index contributed by atoms with van der Waals surface area (Å²) in [6.07, 6.45) is 2.01. The smallest absolute Gasteiger partial charge is 0.282 e. The molecule has 5 heteroatoms. The van der Waals surface area contributed by atoms with Crippen molar-refractivity contribution in [3.63, 3.8) is 0 Å². The first-order valence-corrected chi connectivity index (χ1v) is 5.16. The molecule has 1 aromatic carbocycles. The molecule has 0 aromatic heterocycles. The summed E-state index contributed by atoms with van der Waals surface area (Å²) >= 11 is 0. The summed E-state index contributed by atoms with van der Waals surface area (Å²) < 4.78 is 30.5. The fraction of sp³-hybridized carbons (Fsp3) is 0.111. The molecule has 0 saturated heterocycles. The Bertz CT molecular complexity index is 412. The van der Waals surface area contributed by atoms with E-state index in [1.165, 1.54) is 6.07 Å². The maximum atomic E-state index is 10.8. The third kappa shape index (κ3) is 3.94. The SMILES string of the molecule is C=CCc1ccccc1S(=O)(=O)O.[K]. The van der Waals surface area contributed by atoms with Gasteiger partial charge in [0.25, 0.3) is 10.1 Å². The Morgan fingerprint density at radius 2 is 1.93 bits per heavy atom. The predicted octanol–water partition coefficient (Wildman–Crippen LogP) is 1.28. The van der Waals surface area contributed by atoms with Crippen LogP contribution in [-0.2, 0) is 16.5 Å². The molecule has 3 nitrogen and oxygen atoms in total. The normalized spacial score (nSPS) is 10.4. The van der Waals surface area contributed by atoms with Gasteiger partial charge in [-0.05, 0) is 18.1 Å². The summed E-state index contributed by atoms with van der Waals surface area (Å²) in [5.74, 6) is 0. The first-order valence-electron chi connectivity index (χ1n) is 3.72. The second-order valence-electron chi connectivity index (χ2n) is 2.58. The van der Waals surface area contributed by atoms with Crippen molar-refractivity contribution in [1.82, 2.24) is 0 Å². The number of allylic oxidation sites excluding steroid dienone is 1. The first kappa shape index (κ1) is 14.5. The Labute approximate surface area is 126 Å². The van der Waals surface area contributed by atoms with Crippen molar-refractivity contribution in [2.45, 2.75) is 11.3 Å². The zero-order valence-electron chi connectivity index (χ0n) is 7.97. The maximum absolute atomic E-state index is 10.8. The second kappa shape index (κ2) is 6.17. The molecule has 0 atom stereocenters. The van der Waals surface area contributed by atoms with Crippen LogP contribution in [0.1, 0.15) is 5.56 Å². The topological polar surface area (TPSA) is 54.4 Å². The third-order valence-corrected chi connectivity index (χ3v) is 2.57. The molecule has 1 rings (SSSR count). The minimum atomic E-state index is -4.10. The number of hydrogen-bond acceptors (Lipinski definition) is 2. The summed E-state index contributed by atoms with van der Waals surface area (Å²) in [4.78, 5) is -0.0464. The van der Waals surface area contributed by atoms with Crippen LogP contribution in [0.5, 0.6) is 0 Å². The summed E-state index contributed by atoms with van der Waals surface area (Å²) in [6.45, 7) is 3.50. The standard InChI is InChI=1S/C9H10O3S.K/c1-2-5-8-6-3-4-7-9(8)13(10,11)12;/h2-4,6-7H,1,5H2,(H,10,11,12);. The van der Waals surface area contributed by atoms with Crippen LogP contribution in [-0.4, -0.2) is 64.4 Å². The Hall–Kier alpha value is 0.506. The fourth-order valence-electron chi connectivity index (χ4n) is 1.08. The summed E-state index contributed by atoms with van der Waals surface area (Å²) in [6, 6.07) is 6.29. The van der Waals surface area contributed by atoms with Crippen LogP contribution in [0.25, 0.3) is 0 Å². The molecule has 0 spiro atoms. The van der Waals surface area contributed by atoms with Crippen molar-refractivity contribution in [2.24, 2.45) is 0 Å². The molecule has 0 heterocycles. The van der Waals surface area contributed by atoms with Gasteiger partial charge in [-0.1, -0.05) is 24.3 Å². The van der Waals surface area contributed by atoms with E-state index in [4.69, 9.17) is 4.55 Å². The van der Waals surface area contributed by atoms with Crippen LogP contribution in [0, 0.1) is 0 Å². The van der Waals surface area contributed by atoms with E-state index in [-0.39, 0.29) is 56.3 Å². The van der Waals surface area contributed by atoms with Gasteiger partial charge in [0.1, 0.15) is 0 Å². The summed E-state index contributed by atoms with van der Waals surface area (Å²) in [5, 5.41) is 0. The molecule has 0 aliphatic rings. The Balaban J connectivity index is 0.00000169. The largest absolute Gasteiger partial charge is 0.294 e. The summed E-state index contributed by atoms with van der Waals surface area (Å²) in [5.41, 5.74) is 0.556. The van der Waals surface area contributed by atoms with Crippen molar-refractivity contribution < 1.29 is 13.0 Å². The van der Waals surface area contributed by atoms with Gasteiger partial charge in [-0.3, -0.25) is 4.55 Å². The van der Waals surface area contributed by atoms with E-state index < -0.39 is 10.1 Å². The van der Waals surface area contributed by atoms with Gasteiger partial charge < -0.3 is 0 Å². The molecular weight excluding hydrogens is 227 g/mol. The van der Waals surface area contributed by atoms with Crippen molar-refractivity contribution in [2.75, 3.05) is 0 Å². The van der Waals surface area contributed by atoms with E-state index >= 15 is 0 Å². The Morgan fingerprint density at radius 1 is 1.36 bits per heavy atom. The molecule has 0 fully saturated rings. The van der Waals surface area contributed by atoms with Crippen molar-refractivity contribution >= 4 is 61.5 Å². The van der Waals surface area contributed by atoms with Gasteiger partial charge in [-0.15, -0.1) is 6.58 Å². The van der Waals surface area contributed by atoms with E-state index in [1.807, 2.05) is 0 Å². The molecule has 0 saturated carbocycles. The molecule has 71 valence electrons. The minimum absolute atomic E-state index is 0. The summed E-state index contributed by atoms with van der Waals surface area (Å²) in [7, 11) is -4.10. The van der Waals surface area contributed by atoms with Crippen LogP contribution in [0.15, 0.2) is 41.8 Å². The number of rotatable bonds is 3.